The van der Waals surface area contributed by atoms with E-state index < -0.39 is 0 Å². The molecule has 0 bridgehead atoms. The lowest BCUT2D eigenvalue weighted by atomic mass is 10.1. The molecule has 0 saturated carbocycles. The fraction of sp³-hybridized carbons (Fsp3) is 0.682. The molecule has 0 saturated heterocycles. The monoisotopic (exact) mass is 367 g/mol. The number of rotatable bonds is 12. The van der Waals surface area contributed by atoms with Gasteiger partial charge in [-0.25, -0.2) is 0 Å². The maximum absolute atomic E-state index is 11.6. The van der Waals surface area contributed by atoms with Gasteiger partial charge < -0.3 is 16.0 Å². The lowest BCUT2D eigenvalue weighted by Crippen LogP contribution is -2.25. The second-order valence-corrected chi connectivity index (χ2v) is 5.76. The fourth-order valence-corrected chi connectivity index (χ4v) is 1.83. The molecule has 0 aromatic rings. The summed E-state index contributed by atoms with van der Waals surface area (Å²) >= 11 is 0. The van der Waals surface area contributed by atoms with Gasteiger partial charge in [0.05, 0.1) is 0 Å². The van der Waals surface area contributed by atoms with Crippen molar-refractivity contribution in [2.45, 2.75) is 67.2 Å². The van der Waals surface area contributed by atoms with Crippen LogP contribution in [0.25, 0.3) is 0 Å². The molecule has 26 heavy (non-hydrogen) atoms. The molecule has 4 nitrogen and oxygen atoms in total. The van der Waals surface area contributed by atoms with Gasteiger partial charge in [-0.1, -0.05) is 52.0 Å². The Morgan fingerprint density at radius 3 is 2.04 bits per heavy atom. The molecule has 4 heteroatoms. The molecule has 3 N–H and O–H groups in total. The highest BCUT2D eigenvalue weighted by Gasteiger charge is 2.03. The van der Waals surface area contributed by atoms with Crippen molar-refractivity contribution in [3.63, 3.8) is 0 Å². The number of amides is 1. The minimum Gasteiger partial charge on any atom is -0.352 e. The minimum atomic E-state index is -0.0343. The number of nitrogens with one attached hydrogen (secondary N) is 3. The summed E-state index contributed by atoms with van der Waals surface area (Å²) in [6, 6.07) is 0. The van der Waals surface area contributed by atoms with Crippen LogP contribution < -0.4 is 16.0 Å². The third-order valence-electron chi connectivity index (χ3n) is 3.00. The molecular formula is C22H45N3O. The topological polar surface area (TPSA) is 53.2 Å². The van der Waals surface area contributed by atoms with Crippen molar-refractivity contribution >= 4 is 5.91 Å². The lowest BCUT2D eigenvalue weighted by Gasteiger charge is -2.04. The molecule has 0 rings (SSSR count). The summed E-state index contributed by atoms with van der Waals surface area (Å²) in [5.74, 6) is -0.0343. The smallest absolute Gasteiger partial charge is 0.251 e. The SMILES string of the molecule is C=C(C)/C=C(\C=C/C)C(=O)NCCC.CC.CCCNCCCCNC. The Hall–Kier alpha value is -1.39. The van der Waals surface area contributed by atoms with Crippen molar-refractivity contribution in [2.75, 3.05) is 33.2 Å². The Morgan fingerprint density at radius 1 is 1.00 bits per heavy atom. The minimum absolute atomic E-state index is 0.0343. The first-order valence-electron chi connectivity index (χ1n) is 10.2. The maximum atomic E-state index is 11.6. The Balaban J connectivity index is -0.000000388. The first-order chi connectivity index (χ1) is 12.5. The number of carbonyl (C=O) groups is 1. The van der Waals surface area contributed by atoms with Crippen molar-refractivity contribution in [3.05, 3.63) is 36.0 Å². The van der Waals surface area contributed by atoms with E-state index in [-0.39, 0.29) is 5.91 Å². The summed E-state index contributed by atoms with van der Waals surface area (Å²) in [5.41, 5.74) is 1.54. The van der Waals surface area contributed by atoms with Crippen LogP contribution in [-0.4, -0.2) is 39.1 Å². The summed E-state index contributed by atoms with van der Waals surface area (Å²) in [5, 5.41) is 9.32. The Kier molecular flexibility index (Phi) is 29.2. The fourth-order valence-electron chi connectivity index (χ4n) is 1.83. The number of allylic oxidation sites excluding steroid dienone is 3. The van der Waals surface area contributed by atoms with Gasteiger partial charge in [0.1, 0.15) is 0 Å². The third-order valence-corrected chi connectivity index (χ3v) is 3.00. The first kappa shape index (κ1) is 29.4. The quantitative estimate of drug-likeness (QED) is 0.268. The van der Waals surface area contributed by atoms with Gasteiger partial charge in [-0.15, -0.1) is 0 Å². The number of hydrogen-bond donors (Lipinski definition) is 3. The van der Waals surface area contributed by atoms with Gasteiger partial charge >= 0.3 is 0 Å². The van der Waals surface area contributed by atoms with E-state index in [1.165, 1.54) is 32.4 Å². The van der Waals surface area contributed by atoms with Crippen LogP contribution in [0.15, 0.2) is 36.0 Å². The summed E-state index contributed by atoms with van der Waals surface area (Å²) < 4.78 is 0. The van der Waals surface area contributed by atoms with Crippen LogP contribution in [0.3, 0.4) is 0 Å². The van der Waals surface area contributed by atoms with Crippen molar-refractivity contribution < 1.29 is 4.79 Å². The number of hydrogen-bond acceptors (Lipinski definition) is 3. The highest BCUT2D eigenvalue weighted by Crippen LogP contribution is 2.02. The van der Waals surface area contributed by atoms with Crippen LogP contribution in [0.2, 0.25) is 0 Å². The van der Waals surface area contributed by atoms with Gasteiger partial charge in [-0.2, -0.15) is 0 Å². The van der Waals surface area contributed by atoms with Crippen LogP contribution in [0, 0.1) is 0 Å². The van der Waals surface area contributed by atoms with Crippen molar-refractivity contribution in [2.24, 2.45) is 0 Å². The van der Waals surface area contributed by atoms with Crippen LogP contribution in [-0.2, 0) is 4.79 Å². The maximum Gasteiger partial charge on any atom is 0.251 e. The van der Waals surface area contributed by atoms with Crippen molar-refractivity contribution in [3.8, 4) is 0 Å². The molecule has 0 aromatic heterocycles. The molecule has 0 heterocycles. The zero-order valence-corrected chi connectivity index (χ0v) is 18.5. The number of unbranched alkanes of at least 4 members (excludes halogenated alkanes) is 1. The van der Waals surface area contributed by atoms with Gasteiger partial charge in [0.15, 0.2) is 0 Å². The largest absolute Gasteiger partial charge is 0.352 e. The molecular weight excluding hydrogens is 322 g/mol. The Morgan fingerprint density at radius 2 is 1.58 bits per heavy atom. The molecule has 0 spiro atoms. The van der Waals surface area contributed by atoms with Crippen molar-refractivity contribution in [1.29, 1.82) is 0 Å². The average Bonchev–Trinajstić information content (AvgIpc) is 2.64. The molecule has 0 aliphatic rings. The van der Waals surface area contributed by atoms with Crippen LogP contribution in [0.1, 0.15) is 67.2 Å². The molecule has 0 atom stereocenters. The summed E-state index contributed by atoms with van der Waals surface area (Å²) in [6.07, 6.45) is 10.2. The first-order valence-corrected chi connectivity index (χ1v) is 10.2. The molecule has 0 fully saturated rings. The van der Waals surface area contributed by atoms with Crippen molar-refractivity contribution in [1.82, 2.24) is 16.0 Å². The second kappa shape index (κ2) is 25.8. The molecule has 154 valence electrons. The zero-order valence-electron chi connectivity index (χ0n) is 18.5. The van der Waals surface area contributed by atoms with E-state index in [2.05, 4.69) is 29.5 Å². The van der Waals surface area contributed by atoms with Crippen LogP contribution in [0.4, 0.5) is 0 Å². The standard InChI is InChI=1S/C12H19NO.C8H20N2.C2H6/c1-5-7-11(9-10(3)4)12(14)13-8-6-2;1-3-6-10-8-5-4-7-9-2;1-2/h5,7,9H,3,6,8H2,1-2,4H3,(H,13,14);9-10H,3-8H2,1-2H3;1-2H3/b7-5-,11-9+;;. The zero-order chi connectivity index (χ0) is 20.6. The van der Waals surface area contributed by atoms with Crippen LogP contribution >= 0.6 is 0 Å². The van der Waals surface area contributed by atoms with Gasteiger partial charge in [-0.3, -0.25) is 4.79 Å². The average molecular weight is 368 g/mol. The predicted molar refractivity (Wildman–Crippen MR) is 119 cm³/mol. The van der Waals surface area contributed by atoms with Crippen LogP contribution in [0.5, 0.6) is 0 Å². The highest BCUT2D eigenvalue weighted by atomic mass is 16.1. The molecule has 0 unspecified atom stereocenters. The Bertz CT molecular complexity index is 366. The Labute approximate surface area is 163 Å². The van der Waals surface area contributed by atoms with E-state index in [0.29, 0.717) is 12.1 Å². The van der Waals surface area contributed by atoms with E-state index in [1.807, 2.05) is 47.7 Å². The van der Waals surface area contributed by atoms with E-state index in [0.717, 1.165) is 18.5 Å². The molecule has 1 amide bonds. The second-order valence-electron chi connectivity index (χ2n) is 5.76. The summed E-state index contributed by atoms with van der Waals surface area (Å²) in [7, 11) is 2.00. The summed E-state index contributed by atoms with van der Waals surface area (Å²) in [4.78, 5) is 11.6. The van der Waals surface area contributed by atoms with E-state index in [4.69, 9.17) is 0 Å². The van der Waals surface area contributed by atoms with Gasteiger partial charge in [0, 0.05) is 12.1 Å². The van der Waals surface area contributed by atoms with E-state index in [1.54, 1.807) is 12.2 Å². The molecule has 0 radical (unpaired) electrons. The van der Waals surface area contributed by atoms with Gasteiger partial charge in [-0.05, 0) is 72.3 Å². The number of carbonyl (C=O) groups excluding carboxylic acids is 1. The van der Waals surface area contributed by atoms with E-state index >= 15 is 0 Å². The predicted octanol–water partition coefficient (Wildman–Crippen LogP) is 4.60. The van der Waals surface area contributed by atoms with Gasteiger partial charge in [0.2, 0.25) is 0 Å². The molecule has 0 aliphatic heterocycles. The van der Waals surface area contributed by atoms with E-state index in [9.17, 15) is 4.79 Å². The molecule has 0 aliphatic carbocycles. The summed E-state index contributed by atoms with van der Waals surface area (Å²) in [6.45, 7) is 19.9. The normalized spacial score (nSPS) is 10.5. The van der Waals surface area contributed by atoms with Gasteiger partial charge in [0.25, 0.3) is 5.91 Å². The third kappa shape index (κ3) is 24.9. The lowest BCUT2D eigenvalue weighted by molar-refractivity contribution is -0.117. The highest BCUT2D eigenvalue weighted by molar-refractivity contribution is 5.96. The molecule has 0 aromatic carbocycles.